The predicted octanol–water partition coefficient (Wildman–Crippen LogP) is 3.87. The molecule has 1 heterocycles. The number of carbonyl (C=O) groups is 3. The average Bonchev–Trinajstić information content (AvgIpc) is 2.91. The number of nitrogens with zero attached hydrogens (tertiary/aromatic N) is 2. The van der Waals surface area contributed by atoms with Gasteiger partial charge in [-0.05, 0) is 53.7 Å². The van der Waals surface area contributed by atoms with Gasteiger partial charge in [0.1, 0.15) is 0 Å². The van der Waals surface area contributed by atoms with E-state index >= 15 is 0 Å². The first kappa shape index (κ1) is 19.6. The van der Waals surface area contributed by atoms with Crippen LogP contribution in [0.3, 0.4) is 0 Å². The van der Waals surface area contributed by atoms with Gasteiger partial charge in [-0.1, -0.05) is 17.7 Å². The van der Waals surface area contributed by atoms with Crippen LogP contribution in [0.15, 0.2) is 47.4 Å². The topological polar surface area (TPSA) is 118 Å². The van der Waals surface area contributed by atoms with Gasteiger partial charge in [-0.2, -0.15) is 0 Å². The molecule has 1 aliphatic heterocycles. The lowest BCUT2D eigenvalue weighted by atomic mass is 10.1. The summed E-state index contributed by atoms with van der Waals surface area (Å²) in [5.41, 5.74) is 0.0477. The molecular formula is C18H11ClN2O6S. The molecule has 28 heavy (non-hydrogen) atoms. The van der Waals surface area contributed by atoms with Crippen molar-refractivity contribution in [2.24, 2.45) is 0 Å². The lowest BCUT2D eigenvalue weighted by Gasteiger charge is -2.11. The maximum absolute atomic E-state index is 12.5. The van der Waals surface area contributed by atoms with E-state index < -0.39 is 39.8 Å². The van der Waals surface area contributed by atoms with Gasteiger partial charge in [-0.15, -0.1) is 0 Å². The Morgan fingerprint density at radius 2 is 1.89 bits per heavy atom. The summed E-state index contributed by atoms with van der Waals surface area (Å²) in [6.45, 7) is -0.431. The highest BCUT2D eigenvalue weighted by Crippen LogP contribution is 2.34. The third-order valence-corrected chi connectivity index (χ3v) is 4.99. The van der Waals surface area contributed by atoms with E-state index in [0.717, 1.165) is 17.0 Å². The molecule has 1 aliphatic rings. The fourth-order valence-electron chi connectivity index (χ4n) is 2.43. The Morgan fingerprint density at radius 3 is 2.54 bits per heavy atom. The number of hydrogen-bond donors (Lipinski definition) is 1. The minimum absolute atomic E-state index is 0.0221. The molecular weight excluding hydrogens is 408 g/mol. The van der Waals surface area contributed by atoms with Crippen molar-refractivity contribution in [2.75, 3.05) is 6.54 Å². The van der Waals surface area contributed by atoms with E-state index in [2.05, 4.69) is 0 Å². The van der Waals surface area contributed by atoms with Gasteiger partial charge in [0.15, 0.2) is 11.5 Å². The third-order valence-electron chi connectivity index (χ3n) is 3.84. The summed E-state index contributed by atoms with van der Waals surface area (Å²) in [7, 11) is 0. The number of carbonyl (C=O) groups excluding carboxylic acids is 3. The lowest BCUT2D eigenvalue weighted by Crippen LogP contribution is -2.33. The van der Waals surface area contributed by atoms with Gasteiger partial charge in [0, 0.05) is 16.7 Å². The Labute approximate surface area is 167 Å². The number of Topliss-reactive ketones (excluding diaryl/α,β-unsaturated/α-hetero) is 1. The first-order valence-corrected chi connectivity index (χ1v) is 8.97. The fraction of sp³-hybridized carbons (Fsp3) is 0.0556. The molecule has 0 radical (unpaired) electrons. The molecule has 1 saturated heterocycles. The Balaban J connectivity index is 1.80. The van der Waals surface area contributed by atoms with Gasteiger partial charge in [0.05, 0.1) is 16.4 Å². The summed E-state index contributed by atoms with van der Waals surface area (Å²) >= 11 is 6.40. The standard InChI is InChI=1S/C18H11ClN2O6S/c19-12-4-2-11(3-5-12)15(23)9-20-17(24)16(28-18(20)25)8-10-1-6-14(22)13(7-10)21(26)27/h1-8,22H,9H2/b16-8+. The van der Waals surface area contributed by atoms with Gasteiger partial charge >= 0.3 is 5.69 Å². The molecule has 8 nitrogen and oxygen atoms in total. The molecule has 0 aromatic heterocycles. The maximum atomic E-state index is 12.5. The normalized spacial score (nSPS) is 15.3. The molecule has 1 fully saturated rings. The number of thioether (sulfide) groups is 1. The Morgan fingerprint density at radius 1 is 1.21 bits per heavy atom. The van der Waals surface area contributed by atoms with Gasteiger partial charge in [0.2, 0.25) is 0 Å². The molecule has 0 unspecified atom stereocenters. The van der Waals surface area contributed by atoms with E-state index in [1.165, 1.54) is 36.4 Å². The molecule has 0 atom stereocenters. The number of halogens is 1. The van der Waals surface area contributed by atoms with Crippen LogP contribution in [0.4, 0.5) is 10.5 Å². The zero-order chi connectivity index (χ0) is 20.4. The van der Waals surface area contributed by atoms with Crippen molar-refractivity contribution in [3.8, 4) is 5.75 Å². The first-order valence-electron chi connectivity index (χ1n) is 7.78. The van der Waals surface area contributed by atoms with Crippen molar-refractivity contribution in [2.45, 2.75) is 0 Å². The highest BCUT2D eigenvalue weighted by Gasteiger charge is 2.36. The monoisotopic (exact) mass is 418 g/mol. The Bertz CT molecular complexity index is 1030. The molecule has 0 aliphatic carbocycles. The van der Waals surface area contributed by atoms with E-state index in [1.54, 1.807) is 0 Å². The molecule has 1 N–H and O–H groups in total. The number of imide groups is 1. The SMILES string of the molecule is O=C(CN1C(=O)S/C(=C/c2ccc(O)c([N+](=O)[O-])c2)C1=O)c1ccc(Cl)cc1. The summed E-state index contributed by atoms with van der Waals surface area (Å²) in [6, 6.07) is 9.63. The van der Waals surface area contributed by atoms with Crippen LogP contribution in [-0.4, -0.2) is 38.4 Å². The van der Waals surface area contributed by atoms with E-state index in [-0.39, 0.29) is 10.5 Å². The number of nitro benzene ring substituents is 1. The molecule has 0 saturated carbocycles. The second-order valence-corrected chi connectivity index (χ2v) is 7.13. The van der Waals surface area contributed by atoms with Crippen LogP contribution in [-0.2, 0) is 4.79 Å². The summed E-state index contributed by atoms with van der Waals surface area (Å²) in [6.07, 6.45) is 1.30. The van der Waals surface area contributed by atoms with E-state index in [9.17, 15) is 29.6 Å². The molecule has 2 amide bonds. The van der Waals surface area contributed by atoms with Crippen molar-refractivity contribution in [1.82, 2.24) is 4.90 Å². The average molecular weight is 419 g/mol. The van der Waals surface area contributed by atoms with Crippen LogP contribution >= 0.6 is 23.4 Å². The molecule has 2 aromatic carbocycles. The fourth-order valence-corrected chi connectivity index (χ4v) is 3.40. The molecule has 0 spiro atoms. The van der Waals surface area contributed by atoms with Crippen LogP contribution in [0.25, 0.3) is 6.08 Å². The second-order valence-electron chi connectivity index (χ2n) is 5.70. The van der Waals surface area contributed by atoms with Crippen LogP contribution in [0.5, 0.6) is 5.75 Å². The number of aromatic hydroxyl groups is 1. The van der Waals surface area contributed by atoms with Crippen LogP contribution in [0, 0.1) is 10.1 Å². The van der Waals surface area contributed by atoms with Crippen LogP contribution < -0.4 is 0 Å². The van der Waals surface area contributed by atoms with Crippen molar-refractivity contribution in [3.05, 3.63) is 73.6 Å². The van der Waals surface area contributed by atoms with Gasteiger partial charge in [0.25, 0.3) is 11.1 Å². The summed E-state index contributed by atoms with van der Waals surface area (Å²) < 4.78 is 0. The minimum Gasteiger partial charge on any atom is -0.502 e. The van der Waals surface area contributed by atoms with Crippen molar-refractivity contribution in [1.29, 1.82) is 0 Å². The number of nitro groups is 1. The summed E-state index contributed by atoms with van der Waals surface area (Å²) in [5, 5.41) is 20.2. The van der Waals surface area contributed by atoms with Gasteiger partial charge in [-0.25, -0.2) is 0 Å². The molecule has 3 rings (SSSR count). The Hall–Kier alpha value is -3.17. The quantitative estimate of drug-likeness (QED) is 0.339. The Kier molecular flexibility index (Phi) is 5.48. The van der Waals surface area contributed by atoms with Gasteiger partial charge < -0.3 is 5.11 Å². The number of rotatable bonds is 5. The predicted molar refractivity (Wildman–Crippen MR) is 103 cm³/mol. The van der Waals surface area contributed by atoms with E-state index in [1.807, 2.05) is 0 Å². The highest BCUT2D eigenvalue weighted by atomic mass is 35.5. The number of phenols is 1. The number of ketones is 1. The zero-order valence-corrected chi connectivity index (χ0v) is 15.6. The van der Waals surface area contributed by atoms with E-state index in [0.29, 0.717) is 22.3 Å². The third kappa shape index (κ3) is 4.05. The first-order chi connectivity index (χ1) is 13.3. The minimum atomic E-state index is -0.761. The summed E-state index contributed by atoms with van der Waals surface area (Å²) in [5.74, 6) is -1.61. The van der Waals surface area contributed by atoms with Crippen molar-refractivity contribution >= 4 is 52.1 Å². The summed E-state index contributed by atoms with van der Waals surface area (Å²) in [4.78, 5) is 47.9. The molecule has 2 aromatic rings. The molecule has 142 valence electrons. The van der Waals surface area contributed by atoms with Crippen LogP contribution in [0.1, 0.15) is 15.9 Å². The molecule has 10 heteroatoms. The number of benzene rings is 2. The largest absolute Gasteiger partial charge is 0.502 e. The zero-order valence-electron chi connectivity index (χ0n) is 14.0. The molecule has 0 bridgehead atoms. The second kappa shape index (κ2) is 7.83. The van der Waals surface area contributed by atoms with E-state index in [4.69, 9.17) is 11.6 Å². The van der Waals surface area contributed by atoms with Crippen molar-refractivity contribution < 1.29 is 24.4 Å². The number of phenolic OH excluding ortho intramolecular Hbond substituents is 1. The van der Waals surface area contributed by atoms with Gasteiger partial charge in [-0.3, -0.25) is 29.4 Å². The lowest BCUT2D eigenvalue weighted by molar-refractivity contribution is -0.385. The van der Waals surface area contributed by atoms with Crippen LogP contribution in [0.2, 0.25) is 5.02 Å². The maximum Gasteiger partial charge on any atom is 0.311 e. The number of hydrogen-bond acceptors (Lipinski definition) is 7. The highest BCUT2D eigenvalue weighted by molar-refractivity contribution is 8.18. The number of amides is 2. The smallest absolute Gasteiger partial charge is 0.311 e. The van der Waals surface area contributed by atoms with Crippen molar-refractivity contribution in [3.63, 3.8) is 0 Å².